The molecule has 0 aliphatic rings. The fourth-order valence-corrected chi connectivity index (χ4v) is 0. The predicted octanol–water partition coefficient (Wildman–Crippen LogP) is -10.7. The first-order chi connectivity index (χ1) is 1.41. The summed E-state index contributed by atoms with van der Waals surface area (Å²) in [6.07, 6.45) is 0. The Morgan fingerprint density at radius 2 is 1.33 bits per heavy atom. The molecule has 6 heavy (non-hydrogen) atoms. The molecule has 6 heteroatoms. The van der Waals surface area contributed by atoms with Crippen LogP contribution in [0.15, 0.2) is 0 Å². The van der Waals surface area contributed by atoms with E-state index in [0.29, 0.717) is 0 Å². The first-order valence-electron chi connectivity index (χ1n) is 0.471. The van der Waals surface area contributed by atoms with Gasteiger partial charge in [-0.15, -0.1) is 0 Å². The first kappa shape index (κ1) is 25.5. The summed E-state index contributed by atoms with van der Waals surface area (Å²) in [5, 5.41) is 0. The van der Waals surface area contributed by atoms with Crippen molar-refractivity contribution in [2.45, 2.75) is 0 Å². The maximum absolute atomic E-state index is 8.46. The van der Waals surface area contributed by atoms with Crippen molar-refractivity contribution in [1.29, 1.82) is 0 Å². The summed E-state index contributed by atoms with van der Waals surface area (Å²) >= 11 is -1.75. The Morgan fingerprint density at radius 1 is 1.33 bits per heavy atom. The molecular weight excluding hydrogens is 108 g/mol. The summed E-state index contributed by atoms with van der Waals surface area (Å²) in [4.78, 5) is 0. The van der Waals surface area contributed by atoms with Crippen LogP contribution < -0.4 is 54.3 Å². The van der Waals surface area contributed by atoms with E-state index in [0.717, 1.165) is 0 Å². The van der Waals surface area contributed by atoms with Crippen molar-refractivity contribution >= 4 is 15.5 Å². The summed E-state index contributed by atoms with van der Waals surface area (Å²) < 4.78 is 16.9. The van der Waals surface area contributed by atoms with Crippen LogP contribution in [0.4, 0.5) is 0 Å². The zero-order chi connectivity index (χ0) is 2.71. The van der Waals surface area contributed by atoms with Gasteiger partial charge in [0.05, 0.1) is 0 Å². The summed E-state index contributed by atoms with van der Waals surface area (Å²) in [6, 6.07) is 0. The van der Waals surface area contributed by atoms with E-state index in [-0.39, 0.29) is 50.1 Å². The Morgan fingerprint density at radius 3 is 1.33 bits per heavy atom. The molecule has 0 aromatic carbocycles. The molecule has 0 heterocycles. The summed E-state index contributed by atoms with van der Waals surface area (Å²) in [5.74, 6) is 0. The van der Waals surface area contributed by atoms with Gasteiger partial charge in [0, 0.05) is 0 Å². The zero-order valence-corrected chi connectivity index (χ0v) is 5.68. The molecule has 0 radical (unpaired) electrons. The van der Waals surface area contributed by atoms with Crippen LogP contribution in [-0.2, 0) is 3.80 Å². The van der Waals surface area contributed by atoms with Crippen molar-refractivity contribution < 1.29 is 58.1 Å². The molecule has 24 valence electrons. The molecule has 0 bridgehead atoms. The fourth-order valence-electron chi connectivity index (χ4n) is 0. The Labute approximate surface area is 73.1 Å². The molecule has 0 atom stereocenters. The minimum atomic E-state index is -1.75. The van der Waals surface area contributed by atoms with Crippen LogP contribution in [0.25, 0.3) is 0 Å². The standard InChI is InChI=1S/Al.ClH.2Li.2O/h;1H;;;;/q;;2*+1;;-1/p-1. The SMILES string of the molecule is [Cl-].[Li+].[Li+].[O]=[Al][O-]. The third-order valence-corrected chi connectivity index (χ3v) is 0. The van der Waals surface area contributed by atoms with Gasteiger partial charge in [-0.05, 0) is 0 Å². The topological polar surface area (TPSA) is 40.1 Å². The van der Waals surface area contributed by atoms with E-state index in [4.69, 9.17) is 7.96 Å². The molecule has 0 unspecified atom stereocenters. The Balaban J connectivity index is -0.00000000667. The van der Waals surface area contributed by atoms with Crippen LogP contribution in [0, 0.1) is 0 Å². The van der Waals surface area contributed by atoms with E-state index in [1.54, 1.807) is 0 Å². The third kappa shape index (κ3) is 45.8. The van der Waals surface area contributed by atoms with E-state index in [1.807, 2.05) is 0 Å². The van der Waals surface area contributed by atoms with E-state index < -0.39 is 15.5 Å². The van der Waals surface area contributed by atoms with Crippen molar-refractivity contribution in [3.05, 3.63) is 0 Å². The Hall–Kier alpha value is 1.62. The van der Waals surface area contributed by atoms with Crippen LogP contribution in [0.1, 0.15) is 0 Å². The second kappa shape index (κ2) is 30.5. The summed E-state index contributed by atoms with van der Waals surface area (Å²) in [7, 11) is 0. The van der Waals surface area contributed by atoms with Crippen LogP contribution in [0.5, 0.6) is 0 Å². The van der Waals surface area contributed by atoms with Gasteiger partial charge < -0.3 is 12.4 Å². The average Bonchev–Trinajstić information content (AvgIpc) is 0.918. The third-order valence-electron chi connectivity index (χ3n) is 0. The van der Waals surface area contributed by atoms with Crippen LogP contribution in [-0.4, -0.2) is 15.5 Å². The van der Waals surface area contributed by atoms with Gasteiger partial charge in [-0.25, -0.2) is 0 Å². The quantitative estimate of drug-likeness (QED) is 0.289. The van der Waals surface area contributed by atoms with Crippen molar-refractivity contribution in [1.82, 2.24) is 0 Å². The molecule has 0 aromatic rings. The van der Waals surface area contributed by atoms with E-state index in [9.17, 15) is 0 Å². The van der Waals surface area contributed by atoms with Gasteiger partial charge in [0.1, 0.15) is 0 Å². The molecule has 0 fully saturated rings. The molecule has 0 rings (SSSR count). The molecule has 2 nitrogen and oxygen atoms in total. The Kier molecular flexibility index (Phi) is 130. The molecular formula is AlClLi2O2. The maximum atomic E-state index is 8.46. The van der Waals surface area contributed by atoms with E-state index in [1.165, 1.54) is 0 Å². The van der Waals surface area contributed by atoms with Gasteiger partial charge in [0.2, 0.25) is 0 Å². The van der Waals surface area contributed by atoms with Crippen LogP contribution in [0.2, 0.25) is 0 Å². The van der Waals surface area contributed by atoms with Crippen molar-refractivity contribution in [2.24, 2.45) is 0 Å². The van der Waals surface area contributed by atoms with Gasteiger partial charge >= 0.3 is 61.2 Å². The zero-order valence-electron chi connectivity index (χ0n) is 3.77. The number of hydrogen-bond donors (Lipinski definition) is 0. The second-order valence-corrected chi connectivity index (χ2v) is 0.289. The summed E-state index contributed by atoms with van der Waals surface area (Å²) in [5.41, 5.74) is 0. The van der Waals surface area contributed by atoms with Crippen molar-refractivity contribution in [3.63, 3.8) is 0 Å². The molecule has 0 saturated heterocycles. The predicted molar refractivity (Wildman–Crippen MR) is 6.44 cm³/mol. The molecule has 0 aliphatic heterocycles. The summed E-state index contributed by atoms with van der Waals surface area (Å²) in [6.45, 7) is 0. The molecule has 0 spiro atoms. The van der Waals surface area contributed by atoms with Gasteiger partial charge in [-0.2, -0.15) is 0 Å². The first-order valence-corrected chi connectivity index (χ1v) is 1.41. The molecule has 0 N–H and O–H groups in total. The Bertz CT molecular complexity index is 19.0. The van der Waals surface area contributed by atoms with Gasteiger partial charge in [-0.3, -0.25) is 0 Å². The second-order valence-electron chi connectivity index (χ2n) is 0.0962. The number of hydrogen-bond acceptors (Lipinski definition) is 2. The normalized spacial score (nSPS) is 1.33. The molecule has 0 aromatic heterocycles. The number of rotatable bonds is 0. The molecule has 0 aliphatic carbocycles. The van der Waals surface area contributed by atoms with Gasteiger partial charge in [0.25, 0.3) is 0 Å². The molecule has 0 amide bonds. The van der Waals surface area contributed by atoms with Crippen molar-refractivity contribution in [3.8, 4) is 0 Å². The average molecular weight is 108 g/mol. The fraction of sp³-hybridized carbons (Fsp3) is 0. The number of halogens is 1. The van der Waals surface area contributed by atoms with E-state index >= 15 is 0 Å². The molecule has 0 saturated carbocycles. The van der Waals surface area contributed by atoms with Crippen molar-refractivity contribution in [2.75, 3.05) is 0 Å². The van der Waals surface area contributed by atoms with Crippen LogP contribution in [0.3, 0.4) is 0 Å². The van der Waals surface area contributed by atoms with Crippen LogP contribution >= 0.6 is 0 Å². The van der Waals surface area contributed by atoms with Gasteiger partial charge in [0.15, 0.2) is 0 Å². The minimum absolute atomic E-state index is 0. The van der Waals surface area contributed by atoms with Gasteiger partial charge in [-0.1, -0.05) is 0 Å². The van der Waals surface area contributed by atoms with E-state index in [2.05, 4.69) is 0 Å². The monoisotopic (exact) mass is 108 g/mol.